The van der Waals surface area contributed by atoms with E-state index in [4.69, 9.17) is 5.73 Å². The summed E-state index contributed by atoms with van der Waals surface area (Å²) < 4.78 is 0.911. The first kappa shape index (κ1) is 19.9. The topological polar surface area (TPSA) is 84.2 Å². The highest BCUT2D eigenvalue weighted by atomic mass is 79.9. The Balaban J connectivity index is 0.00000400. The number of rotatable bonds is 5. The molecule has 0 heterocycles. The Hall–Kier alpha value is -1.11. The summed E-state index contributed by atoms with van der Waals surface area (Å²) in [5, 5.41) is 5.25. The zero-order valence-electron chi connectivity index (χ0n) is 12.3. The number of hydrogen-bond acceptors (Lipinski definition) is 3. The lowest BCUT2D eigenvalue weighted by molar-refractivity contribution is -0.129. The van der Waals surface area contributed by atoms with Gasteiger partial charge in [0.15, 0.2) is 0 Å². The van der Waals surface area contributed by atoms with Crippen molar-refractivity contribution in [3.63, 3.8) is 0 Å². The van der Waals surface area contributed by atoms with Gasteiger partial charge in [-0.05, 0) is 38.5 Å². The molecule has 0 saturated carbocycles. The van der Waals surface area contributed by atoms with Crippen molar-refractivity contribution in [3.05, 3.63) is 34.3 Å². The van der Waals surface area contributed by atoms with Gasteiger partial charge in [0.2, 0.25) is 11.8 Å². The minimum Gasteiger partial charge on any atom is -0.352 e. The summed E-state index contributed by atoms with van der Waals surface area (Å²) in [6.45, 7) is 5.25. The third-order valence-electron chi connectivity index (χ3n) is 2.77. The van der Waals surface area contributed by atoms with E-state index in [1.165, 1.54) is 0 Å². The lowest BCUT2D eigenvalue weighted by Crippen LogP contribution is -2.51. The molecule has 1 aromatic carbocycles. The molecule has 1 unspecified atom stereocenters. The second-order valence-corrected chi connectivity index (χ2v) is 6.03. The van der Waals surface area contributed by atoms with E-state index < -0.39 is 11.4 Å². The molecule has 7 heteroatoms. The van der Waals surface area contributed by atoms with E-state index in [0.717, 1.165) is 4.47 Å². The van der Waals surface area contributed by atoms with Crippen LogP contribution >= 0.6 is 28.3 Å². The lowest BCUT2D eigenvalue weighted by atomic mass is 9.92. The fraction of sp³-hybridized carbons (Fsp3) is 0.429. The summed E-state index contributed by atoms with van der Waals surface area (Å²) >= 11 is 3.33. The minimum absolute atomic E-state index is 0. The maximum atomic E-state index is 12.1. The number of carbonyl (C=O) groups is 2. The second-order valence-electron chi connectivity index (χ2n) is 5.11. The number of amides is 2. The Morgan fingerprint density at radius 2 is 1.81 bits per heavy atom. The van der Waals surface area contributed by atoms with Crippen molar-refractivity contribution < 1.29 is 9.59 Å². The molecule has 0 saturated heterocycles. The summed E-state index contributed by atoms with van der Waals surface area (Å²) in [5.74, 6) is -0.626. The lowest BCUT2D eigenvalue weighted by Gasteiger charge is -2.24. The van der Waals surface area contributed by atoms with Gasteiger partial charge in [0, 0.05) is 10.5 Å². The van der Waals surface area contributed by atoms with E-state index in [1.807, 2.05) is 26.0 Å². The molecule has 0 aromatic heterocycles. The molecule has 21 heavy (non-hydrogen) atoms. The first-order valence-corrected chi connectivity index (χ1v) is 7.15. The van der Waals surface area contributed by atoms with Crippen LogP contribution in [-0.4, -0.2) is 24.4 Å². The average Bonchev–Trinajstić information content (AvgIpc) is 2.35. The average molecular weight is 379 g/mol. The second kappa shape index (κ2) is 8.36. The summed E-state index contributed by atoms with van der Waals surface area (Å²) in [6.07, 6.45) is 0. The Kier molecular flexibility index (Phi) is 7.92. The van der Waals surface area contributed by atoms with Gasteiger partial charge in [-0.25, -0.2) is 0 Å². The Morgan fingerprint density at radius 3 is 2.29 bits per heavy atom. The highest BCUT2D eigenvalue weighted by molar-refractivity contribution is 9.10. The monoisotopic (exact) mass is 377 g/mol. The van der Waals surface area contributed by atoms with E-state index in [2.05, 4.69) is 26.6 Å². The molecule has 4 N–H and O–H groups in total. The van der Waals surface area contributed by atoms with Crippen molar-refractivity contribution in [2.75, 3.05) is 6.54 Å². The molecular weight excluding hydrogens is 358 g/mol. The van der Waals surface area contributed by atoms with Crippen molar-refractivity contribution in [1.82, 2.24) is 10.6 Å². The quantitative estimate of drug-likeness (QED) is 0.729. The van der Waals surface area contributed by atoms with Crippen LogP contribution in [0.15, 0.2) is 28.7 Å². The number of hydrogen-bond donors (Lipinski definition) is 3. The van der Waals surface area contributed by atoms with Crippen molar-refractivity contribution in [2.45, 2.75) is 32.4 Å². The van der Waals surface area contributed by atoms with Gasteiger partial charge in [-0.1, -0.05) is 28.1 Å². The molecule has 1 aromatic rings. The van der Waals surface area contributed by atoms with E-state index in [1.54, 1.807) is 19.1 Å². The van der Waals surface area contributed by atoms with Crippen molar-refractivity contribution in [3.8, 4) is 0 Å². The highest BCUT2D eigenvalue weighted by Crippen LogP contribution is 2.20. The number of benzene rings is 1. The number of nitrogens with one attached hydrogen (secondary N) is 2. The Labute approximate surface area is 139 Å². The van der Waals surface area contributed by atoms with Crippen LogP contribution in [0.3, 0.4) is 0 Å². The van der Waals surface area contributed by atoms with Gasteiger partial charge in [-0.2, -0.15) is 0 Å². The summed E-state index contributed by atoms with van der Waals surface area (Å²) in [5.41, 5.74) is 5.56. The van der Waals surface area contributed by atoms with E-state index in [9.17, 15) is 9.59 Å². The van der Waals surface area contributed by atoms with Crippen molar-refractivity contribution in [2.24, 2.45) is 5.73 Å². The highest BCUT2D eigenvalue weighted by Gasteiger charge is 2.30. The summed E-state index contributed by atoms with van der Waals surface area (Å²) in [6, 6.07) is 7.23. The standard InChI is InChI=1S/C14H20BrN3O2.ClH/c1-9(2)18-12(19)8-17-13(20)14(3,16)10-4-6-11(15)7-5-10;/h4-7,9H,8,16H2,1-3H3,(H,17,20)(H,18,19);1H. The van der Waals surface area contributed by atoms with E-state index in [0.29, 0.717) is 5.56 Å². The molecule has 118 valence electrons. The summed E-state index contributed by atoms with van der Waals surface area (Å²) in [4.78, 5) is 23.6. The molecule has 5 nitrogen and oxygen atoms in total. The van der Waals surface area contributed by atoms with Crippen molar-refractivity contribution in [1.29, 1.82) is 0 Å². The van der Waals surface area contributed by atoms with Crippen LogP contribution in [0.4, 0.5) is 0 Å². The molecule has 0 aliphatic carbocycles. The molecule has 2 amide bonds. The molecular formula is C14H21BrClN3O2. The summed E-state index contributed by atoms with van der Waals surface area (Å²) in [7, 11) is 0. The predicted molar refractivity (Wildman–Crippen MR) is 89.2 cm³/mol. The van der Waals surface area contributed by atoms with Crippen LogP contribution in [-0.2, 0) is 15.1 Å². The predicted octanol–water partition coefficient (Wildman–Crippen LogP) is 1.69. The van der Waals surface area contributed by atoms with Crippen LogP contribution in [0.5, 0.6) is 0 Å². The fourth-order valence-corrected chi connectivity index (χ4v) is 1.91. The number of carbonyl (C=O) groups excluding carboxylic acids is 2. The first-order valence-electron chi connectivity index (χ1n) is 6.36. The van der Waals surface area contributed by atoms with Crippen LogP contribution in [0.1, 0.15) is 26.3 Å². The zero-order chi connectivity index (χ0) is 15.3. The molecule has 0 fully saturated rings. The Morgan fingerprint density at radius 1 is 1.29 bits per heavy atom. The van der Waals surface area contributed by atoms with E-state index in [-0.39, 0.29) is 30.9 Å². The normalized spacial score (nSPS) is 13.0. The van der Waals surface area contributed by atoms with Gasteiger partial charge in [0.25, 0.3) is 0 Å². The zero-order valence-corrected chi connectivity index (χ0v) is 14.7. The molecule has 1 rings (SSSR count). The molecule has 0 bridgehead atoms. The van der Waals surface area contributed by atoms with Gasteiger partial charge in [0.05, 0.1) is 6.54 Å². The smallest absolute Gasteiger partial charge is 0.244 e. The SMILES string of the molecule is CC(C)NC(=O)CNC(=O)C(C)(N)c1ccc(Br)cc1.Cl. The van der Waals surface area contributed by atoms with Gasteiger partial charge in [0.1, 0.15) is 5.54 Å². The van der Waals surface area contributed by atoms with Gasteiger partial charge < -0.3 is 16.4 Å². The maximum absolute atomic E-state index is 12.1. The molecule has 0 spiro atoms. The maximum Gasteiger partial charge on any atom is 0.244 e. The third kappa shape index (κ3) is 6.03. The van der Waals surface area contributed by atoms with Crippen LogP contribution < -0.4 is 16.4 Å². The first-order chi connectivity index (χ1) is 9.23. The van der Waals surface area contributed by atoms with Gasteiger partial charge in [-0.15, -0.1) is 12.4 Å². The number of halogens is 2. The van der Waals surface area contributed by atoms with E-state index >= 15 is 0 Å². The molecule has 0 aliphatic heterocycles. The van der Waals surface area contributed by atoms with Gasteiger partial charge >= 0.3 is 0 Å². The Bertz CT molecular complexity index is 489. The van der Waals surface area contributed by atoms with Crippen LogP contribution in [0, 0.1) is 0 Å². The van der Waals surface area contributed by atoms with Crippen LogP contribution in [0.2, 0.25) is 0 Å². The molecule has 0 aliphatic rings. The molecule has 1 atom stereocenters. The van der Waals surface area contributed by atoms with Gasteiger partial charge in [-0.3, -0.25) is 9.59 Å². The van der Waals surface area contributed by atoms with Crippen LogP contribution in [0.25, 0.3) is 0 Å². The molecule has 0 radical (unpaired) electrons. The van der Waals surface area contributed by atoms with Crippen molar-refractivity contribution >= 4 is 40.2 Å². The number of nitrogens with two attached hydrogens (primary N) is 1. The fourth-order valence-electron chi connectivity index (χ4n) is 1.64. The third-order valence-corrected chi connectivity index (χ3v) is 3.30. The largest absolute Gasteiger partial charge is 0.352 e. The minimum atomic E-state index is -1.18.